The second-order valence-corrected chi connectivity index (χ2v) is 7.59. The van der Waals surface area contributed by atoms with Gasteiger partial charge in [-0.2, -0.15) is 0 Å². The van der Waals surface area contributed by atoms with Gasteiger partial charge in [0.1, 0.15) is 11.9 Å². The van der Waals surface area contributed by atoms with Crippen molar-refractivity contribution < 1.29 is 13.9 Å². The summed E-state index contributed by atoms with van der Waals surface area (Å²) in [6.07, 6.45) is 1.37. The van der Waals surface area contributed by atoms with Crippen molar-refractivity contribution in [1.29, 1.82) is 0 Å². The number of hydrogen-bond acceptors (Lipinski definition) is 2. The Balaban J connectivity index is 0.000000313. The molecule has 5 heteroatoms. The summed E-state index contributed by atoms with van der Waals surface area (Å²) in [5.41, 5.74) is 2.17. The molecule has 3 rings (SSSR count). The predicted octanol–water partition coefficient (Wildman–Crippen LogP) is 6.51. The normalized spacial score (nSPS) is 17.4. The van der Waals surface area contributed by atoms with Gasteiger partial charge in [0, 0.05) is 23.9 Å². The third kappa shape index (κ3) is 6.83. The molecule has 0 aromatic heterocycles. The molecule has 27 heavy (non-hydrogen) atoms. The molecule has 2 aromatic carbocycles. The van der Waals surface area contributed by atoms with Crippen LogP contribution in [0.4, 0.5) is 9.18 Å². The Morgan fingerprint density at radius 1 is 1.26 bits per heavy atom. The van der Waals surface area contributed by atoms with Crippen molar-refractivity contribution in [1.82, 2.24) is 4.90 Å². The molecule has 2 unspecified atom stereocenters. The minimum Gasteiger partial charge on any atom is -0.446 e. The van der Waals surface area contributed by atoms with Crippen molar-refractivity contribution in [2.75, 3.05) is 6.54 Å². The summed E-state index contributed by atoms with van der Waals surface area (Å²) < 4.78 is 18.4. The van der Waals surface area contributed by atoms with Crippen LogP contribution in [0.5, 0.6) is 0 Å². The first-order valence-electron chi connectivity index (χ1n) is 8.94. The average Bonchev–Trinajstić information content (AvgIpc) is 2.63. The van der Waals surface area contributed by atoms with Crippen molar-refractivity contribution >= 4 is 22.0 Å². The maximum absolute atomic E-state index is 12.1. The minimum atomic E-state index is -0.224. The smallest absolute Gasteiger partial charge is 0.410 e. The SMILES string of the molecule is C=C(C)CC1CCN(C(C)c2ccc(Br)cc2)C(=O)O1.Fc1ccccc1. The quantitative estimate of drug-likeness (QED) is 0.514. The summed E-state index contributed by atoms with van der Waals surface area (Å²) in [6, 6.07) is 16.0. The highest BCUT2D eigenvalue weighted by atomic mass is 79.9. The first-order chi connectivity index (χ1) is 12.9. The van der Waals surface area contributed by atoms with Gasteiger partial charge in [-0.1, -0.05) is 51.8 Å². The van der Waals surface area contributed by atoms with Gasteiger partial charge in [-0.15, -0.1) is 6.58 Å². The average molecular weight is 434 g/mol. The number of halogens is 2. The standard InChI is InChI=1S/C16H20BrNO2.C6H5F/c1-11(2)10-15-8-9-18(16(19)20-15)12(3)13-4-6-14(17)7-5-13;7-6-4-2-1-3-5-6/h4-7,12,15H,1,8-10H2,2-3H3;1-5H. The number of carbonyl (C=O) groups is 1. The molecule has 0 saturated carbocycles. The first kappa shape index (κ1) is 21.2. The molecule has 0 N–H and O–H groups in total. The van der Waals surface area contributed by atoms with Gasteiger partial charge in [0.15, 0.2) is 0 Å². The van der Waals surface area contributed by atoms with E-state index in [9.17, 15) is 9.18 Å². The summed E-state index contributed by atoms with van der Waals surface area (Å²) in [5.74, 6) is -0.178. The van der Waals surface area contributed by atoms with Crippen molar-refractivity contribution in [3.63, 3.8) is 0 Å². The molecule has 144 valence electrons. The number of rotatable bonds is 4. The van der Waals surface area contributed by atoms with Crippen molar-refractivity contribution in [2.45, 2.75) is 38.8 Å². The lowest BCUT2D eigenvalue weighted by Crippen LogP contribution is -2.43. The Hall–Kier alpha value is -2.14. The number of hydrogen-bond donors (Lipinski definition) is 0. The Kier molecular flexibility index (Phi) is 8.04. The summed E-state index contributed by atoms with van der Waals surface area (Å²) in [6.45, 7) is 8.60. The van der Waals surface area contributed by atoms with Crippen LogP contribution in [0.1, 0.15) is 38.3 Å². The van der Waals surface area contributed by atoms with Gasteiger partial charge in [0.2, 0.25) is 0 Å². The zero-order valence-corrected chi connectivity index (χ0v) is 17.3. The highest BCUT2D eigenvalue weighted by molar-refractivity contribution is 9.10. The molecule has 2 aromatic rings. The number of nitrogens with zero attached hydrogens (tertiary/aromatic N) is 1. The van der Waals surface area contributed by atoms with Crippen LogP contribution in [0.15, 0.2) is 71.2 Å². The second kappa shape index (κ2) is 10.3. The summed E-state index contributed by atoms with van der Waals surface area (Å²) in [7, 11) is 0. The molecule has 1 saturated heterocycles. The maximum Gasteiger partial charge on any atom is 0.410 e. The fraction of sp³-hybridized carbons (Fsp3) is 0.318. The van der Waals surface area contributed by atoms with Crippen LogP contribution >= 0.6 is 15.9 Å². The molecular formula is C22H25BrFNO2. The number of benzene rings is 2. The van der Waals surface area contributed by atoms with Gasteiger partial charge in [-0.05, 0) is 43.7 Å². The molecule has 0 spiro atoms. The summed E-state index contributed by atoms with van der Waals surface area (Å²) in [5, 5.41) is 0. The lowest BCUT2D eigenvalue weighted by molar-refractivity contribution is 0.0137. The molecule has 3 nitrogen and oxygen atoms in total. The highest BCUT2D eigenvalue weighted by Crippen LogP contribution is 2.27. The van der Waals surface area contributed by atoms with E-state index < -0.39 is 0 Å². The number of amides is 1. The summed E-state index contributed by atoms with van der Waals surface area (Å²) >= 11 is 3.42. The highest BCUT2D eigenvalue weighted by Gasteiger charge is 2.30. The summed E-state index contributed by atoms with van der Waals surface area (Å²) in [4.78, 5) is 13.9. The molecule has 0 radical (unpaired) electrons. The van der Waals surface area contributed by atoms with E-state index in [2.05, 4.69) is 22.5 Å². The predicted molar refractivity (Wildman–Crippen MR) is 110 cm³/mol. The van der Waals surface area contributed by atoms with Gasteiger partial charge < -0.3 is 9.64 Å². The molecule has 1 aliphatic heterocycles. The lowest BCUT2D eigenvalue weighted by Gasteiger charge is -2.36. The topological polar surface area (TPSA) is 29.5 Å². The third-order valence-corrected chi connectivity index (χ3v) is 4.85. The molecule has 0 bridgehead atoms. The van der Waals surface area contributed by atoms with E-state index in [4.69, 9.17) is 4.74 Å². The fourth-order valence-corrected chi connectivity index (χ4v) is 3.13. The van der Waals surface area contributed by atoms with Crippen LogP contribution in [-0.4, -0.2) is 23.6 Å². The Morgan fingerprint density at radius 3 is 2.37 bits per heavy atom. The monoisotopic (exact) mass is 433 g/mol. The zero-order valence-electron chi connectivity index (χ0n) is 15.7. The van der Waals surface area contributed by atoms with Crippen molar-refractivity contribution in [3.05, 3.63) is 82.6 Å². The van der Waals surface area contributed by atoms with E-state index in [1.54, 1.807) is 23.1 Å². The van der Waals surface area contributed by atoms with Gasteiger partial charge in [0.25, 0.3) is 0 Å². The largest absolute Gasteiger partial charge is 0.446 e. The number of cyclic esters (lactones) is 1. The molecule has 1 heterocycles. The van der Waals surface area contributed by atoms with Crippen LogP contribution in [0, 0.1) is 5.82 Å². The molecule has 0 aliphatic carbocycles. The van der Waals surface area contributed by atoms with E-state index in [0.29, 0.717) is 0 Å². The molecule has 1 aliphatic rings. The number of carbonyl (C=O) groups excluding carboxylic acids is 1. The van der Waals surface area contributed by atoms with E-state index in [1.807, 2.05) is 38.1 Å². The zero-order chi connectivity index (χ0) is 19.8. The minimum absolute atomic E-state index is 0.0200. The van der Waals surface area contributed by atoms with Crippen LogP contribution in [0.25, 0.3) is 0 Å². The maximum atomic E-state index is 12.1. The fourth-order valence-electron chi connectivity index (χ4n) is 2.86. The van der Waals surface area contributed by atoms with Crippen LogP contribution in [0.3, 0.4) is 0 Å². The van der Waals surface area contributed by atoms with Crippen LogP contribution < -0.4 is 0 Å². The van der Waals surface area contributed by atoms with Gasteiger partial charge in [0.05, 0.1) is 6.04 Å². The van der Waals surface area contributed by atoms with Crippen molar-refractivity contribution in [3.8, 4) is 0 Å². The third-order valence-electron chi connectivity index (χ3n) is 4.32. The number of ether oxygens (including phenoxy) is 1. The van der Waals surface area contributed by atoms with Crippen LogP contribution in [-0.2, 0) is 4.74 Å². The Morgan fingerprint density at radius 2 is 1.89 bits per heavy atom. The molecule has 2 atom stereocenters. The van der Waals surface area contributed by atoms with E-state index in [1.165, 1.54) is 12.1 Å². The van der Waals surface area contributed by atoms with Gasteiger partial charge in [-0.3, -0.25) is 0 Å². The van der Waals surface area contributed by atoms with Gasteiger partial charge in [-0.25, -0.2) is 9.18 Å². The molecule has 1 amide bonds. The molecule has 1 fully saturated rings. The van der Waals surface area contributed by atoms with E-state index in [-0.39, 0.29) is 24.1 Å². The van der Waals surface area contributed by atoms with E-state index >= 15 is 0 Å². The second-order valence-electron chi connectivity index (χ2n) is 6.67. The Labute approximate surface area is 169 Å². The first-order valence-corrected chi connectivity index (χ1v) is 9.73. The van der Waals surface area contributed by atoms with Crippen molar-refractivity contribution in [2.24, 2.45) is 0 Å². The van der Waals surface area contributed by atoms with Gasteiger partial charge >= 0.3 is 6.09 Å². The lowest BCUT2D eigenvalue weighted by atomic mass is 10.0. The Bertz CT molecular complexity index is 749. The molecular weight excluding hydrogens is 409 g/mol. The van der Waals surface area contributed by atoms with Crippen LogP contribution in [0.2, 0.25) is 0 Å². The van der Waals surface area contributed by atoms with E-state index in [0.717, 1.165) is 35.0 Å².